The van der Waals surface area contributed by atoms with Crippen LogP contribution in [0.2, 0.25) is 0 Å². The van der Waals surface area contributed by atoms with Crippen molar-refractivity contribution in [1.82, 2.24) is 9.55 Å². The molecule has 0 radical (unpaired) electrons. The van der Waals surface area contributed by atoms with Gasteiger partial charge in [-0.25, -0.2) is 0 Å². The molecule has 7 nitrogen and oxygen atoms in total. The lowest BCUT2D eigenvalue weighted by Gasteiger charge is -1.96. The van der Waals surface area contributed by atoms with Crippen LogP contribution in [-0.2, 0) is 17.3 Å². The Bertz CT molecular complexity index is 1020. The average Bonchev–Trinajstić information content (AvgIpc) is 2.83. The Morgan fingerprint density at radius 2 is 1.43 bits per heavy atom. The van der Waals surface area contributed by atoms with Crippen LogP contribution >= 0.6 is 0 Å². The first-order valence-electron chi connectivity index (χ1n) is 6.10. The smallest absolute Gasteiger partial charge is 0.261 e. The fourth-order valence-corrected chi connectivity index (χ4v) is 2.81. The maximum absolute atomic E-state index is 12.2. The molecular weight excluding hydrogens is 296 g/mol. The summed E-state index contributed by atoms with van der Waals surface area (Å²) in [5.74, 6) is 0.185. The minimum Gasteiger partial charge on any atom is -0.288 e. The average molecular weight is 306 g/mol. The zero-order valence-corrected chi connectivity index (χ0v) is 11.8. The topological polar surface area (TPSA) is 106 Å². The number of nitrogens with zero attached hydrogens (tertiary/aromatic N) is 1. The largest absolute Gasteiger partial charge is 0.288 e. The molecule has 21 heavy (non-hydrogen) atoms. The van der Waals surface area contributed by atoms with Gasteiger partial charge < -0.3 is 0 Å². The minimum atomic E-state index is -1.13. The van der Waals surface area contributed by atoms with Gasteiger partial charge in [0, 0.05) is 29.4 Å². The quantitative estimate of drug-likeness (QED) is 0.655. The molecule has 0 saturated carbocycles. The molecule has 0 bridgehead atoms. The number of aromatic nitrogens is 2. The number of fused-ring (bicyclic) bond motifs is 2. The van der Waals surface area contributed by atoms with E-state index in [1.54, 1.807) is 0 Å². The Hall–Kier alpha value is -2.35. The Labute approximate surface area is 119 Å². The third kappa shape index (κ3) is 1.99. The summed E-state index contributed by atoms with van der Waals surface area (Å²) in [6.07, 6.45) is 1.48. The van der Waals surface area contributed by atoms with Gasteiger partial charge in [-0.1, -0.05) is 0 Å². The SMILES string of the molecule is CS(=O)CCn1c(=O)c2cc3c(=O)[nH]c(=O)c3cc2c1=O. The van der Waals surface area contributed by atoms with E-state index in [0.29, 0.717) is 0 Å². The Kier molecular flexibility index (Phi) is 2.98. The standard InChI is InChI=1S/C13H10N2O5S/c1-21(20)3-2-15-12(18)8-4-6-7(5-9(8)13(15)19)11(17)14-10(6)16/h4-5H,2-3H2,1H3,(H,14,16,17). The molecule has 0 aliphatic heterocycles. The molecule has 2 aromatic heterocycles. The highest BCUT2D eigenvalue weighted by Gasteiger charge is 2.16. The third-order valence-electron chi connectivity index (χ3n) is 3.43. The van der Waals surface area contributed by atoms with Crippen LogP contribution in [-0.4, -0.2) is 25.8 Å². The summed E-state index contributed by atoms with van der Waals surface area (Å²) in [6.45, 7) is 0.0419. The molecular formula is C13H10N2O5S. The molecule has 108 valence electrons. The van der Waals surface area contributed by atoms with E-state index in [4.69, 9.17) is 0 Å². The lowest BCUT2D eigenvalue weighted by Crippen LogP contribution is -2.27. The van der Waals surface area contributed by atoms with E-state index < -0.39 is 33.0 Å². The molecule has 0 aliphatic carbocycles. The number of hydrogen-bond donors (Lipinski definition) is 1. The molecule has 1 N–H and O–H groups in total. The van der Waals surface area contributed by atoms with Crippen molar-refractivity contribution in [1.29, 1.82) is 0 Å². The first-order valence-corrected chi connectivity index (χ1v) is 7.83. The zero-order valence-electron chi connectivity index (χ0n) is 11.0. The molecule has 0 aliphatic rings. The Morgan fingerprint density at radius 1 is 0.952 bits per heavy atom. The van der Waals surface area contributed by atoms with Crippen molar-refractivity contribution in [2.75, 3.05) is 12.0 Å². The van der Waals surface area contributed by atoms with Crippen LogP contribution in [0, 0.1) is 0 Å². The molecule has 3 rings (SSSR count). The van der Waals surface area contributed by atoms with Gasteiger partial charge in [0.15, 0.2) is 0 Å². The minimum absolute atomic E-state index is 0.0419. The van der Waals surface area contributed by atoms with Crippen LogP contribution in [0.4, 0.5) is 0 Å². The maximum atomic E-state index is 12.2. The first-order chi connectivity index (χ1) is 9.90. The van der Waals surface area contributed by atoms with Crippen molar-refractivity contribution in [3.8, 4) is 0 Å². The lowest BCUT2D eigenvalue weighted by molar-refractivity contribution is 0.671. The van der Waals surface area contributed by atoms with Gasteiger partial charge in [-0.2, -0.15) is 0 Å². The van der Waals surface area contributed by atoms with Crippen LogP contribution in [0.25, 0.3) is 21.5 Å². The second-order valence-electron chi connectivity index (χ2n) is 4.77. The summed E-state index contributed by atoms with van der Waals surface area (Å²) in [7, 11) is -1.13. The second kappa shape index (κ2) is 4.59. The zero-order chi connectivity index (χ0) is 15.3. The van der Waals surface area contributed by atoms with Gasteiger partial charge in [0.05, 0.1) is 21.5 Å². The van der Waals surface area contributed by atoms with Gasteiger partial charge in [0.25, 0.3) is 22.2 Å². The molecule has 0 amide bonds. The van der Waals surface area contributed by atoms with Crippen LogP contribution in [0.1, 0.15) is 0 Å². The van der Waals surface area contributed by atoms with Crippen molar-refractivity contribution in [2.45, 2.75) is 6.54 Å². The third-order valence-corrected chi connectivity index (χ3v) is 4.18. The predicted molar refractivity (Wildman–Crippen MR) is 80.2 cm³/mol. The molecule has 8 heteroatoms. The van der Waals surface area contributed by atoms with Gasteiger partial charge >= 0.3 is 0 Å². The molecule has 1 aromatic carbocycles. The lowest BCUT2D eigenvalue weighted by atomic mass is 10.1. The summed E-state index contributed by atoms with van der Waals surface area (Å²) in [6, 6.07) is 2.54. The fraction of sp³-hybridized carbons (Fsp3) is 0.231. The number of benzene rings is 1. The summed E-state index contributed by atoms with van der Waals surface area (Å²) in [5, 5.41) is 0.401. The summed E-state index contributed by atoms with van der Waals surface area (Å²) >= 11 is 0. The molecule has 3 aromatic rings. The molecule has 1 atom stereocenters. The number of H-pyrrole nitrogens is 1. The van der Waals surface area contributed by atoms with E-state index >= 15 is 0 Å². The van der Waals surface area contributed by atoms with Crippen LogP contribution in [0.15, 0.2) is 31.3 Å². The van der Waals surface area contributed by atoms with Gasteiger partial charge in [-0.15, -0.1) is 0 Å². The van der Waals surface area contributed by atoms with Gasteiger partial charge in [0.2, 0.25) is 0 Å². The molecule has 0 spiro atoms. The van der Waals surface area contributed by atoms with E-state index in [0.717, 1.165) is 4.57 Å². The summed E-state index contributed by atoms with van der Waals surface area (Å²) in [4.78, 5) is 49.7. The van der Waals surface area contributed by atoms with E-state index in [1.807, 2.05) is 0 Å². The summed E-state index contributed by atoms with van der Waals surface area (Å²) < 4.78 is 12.1. The monoisotopic (exact) mass is 306 g/mol. The van der Waals surface area contributed by atoms with Crippen LogP contribution in [0.5, 0.6) is 0 Å². The van der Waals surface area contributed by atoms with Gasteiger partial charge in [-0.05, 0) is 12.1 Å². The normalized spacial score (nSPS) is 13.2. The highest BCUT2D eigenvalue weighted by atomic mass is 32.2. The van der Waals surface area contributed by atoms with Crippen molar-refractivity contribution in [2.24, 2.45) is 0 Å². The van der Waals surface area contributed by atoms with Gasteiger partial charge in [0.1, 0.15) is 0 Å². The summed E-state index contributed by atoms with van der Waals surface area (Å²) in [5.41, 5.74) is -2.22. The predicted octanol–water partition coefficient (Wildman–Crippen LogP) is -1.18. The van der Waals surface area contributed by atoms with Crippen molar-refractivity contribution >= 4 is 32.3 Å². The number of rotatable bonds is 3. The fourth-order valence-electron chi connectivity index (χ4n) is 2.37. The number of hydrogen-bond acceptors (Lipinski definition) is 5. The van der Waals surface area contributed by atoms with Gasteiger partial charge in [-0.3, -0.25) is 32.9 Å². The highest BCUT2D eigenvalue weighted by Crippen LogP contribution is 2.13. The number of aromatic amines is 1. The molecule has 0 fully saturated rings. The molecule has 2 heterocycles. The van der Waals surface area contributed by atoms with Crippen molar-refractivity contribution < 1.29 is 4.21 Å². The van der Waals surface area contributed by atoms with E-state index in [-0.39, 0.29) is 33.8 Å². The second-order valence-corrected chi connectivity index (χ2v) is 6.32. The van der Waals surface area contributed by atoms with E-state index in [2.05, 4.69) is 4.98 Å². The molecule has 0 saturated heterocycles. The highest BCUT2D eigenvalue weighted by molar-refractivity contribution is 7.84. The number of nitrogens with one attached hydrogen (secondary N) is 1. The van der Waals surface area contributed by atoms with Crippen molar-refractivity contribution in [3.05, 3.63) is 53.5 Å². The van der Waals surface area contributed by atoms with E-state index in [9.17, 15) is 23.4 Å². The Balaban J connectivity index is 2.37. The van der Waals surface area contributed by atoms with E-state index in [1.165, 1.54) is 18.4 Å². The molecule has 1 unspecified atom stereocenters. The van der Waals surface area contributed by atoms with Crippen molar-refractivity contribution in [3.63, 3.8) is 0 Å². The van der Waals surface area contributed by atoms with Crippen LogP contribution < -0.4 is 22.2 Å². The Morgan fingerprint density at radius 3 is 1.86 bits per heavy atom. The van der Waals surface area contributed by atoms with Crippen LogP contribution in [0.3, 0.4) is 0 Å². The maximum Gasteiger partial charge on any atom is 0.261 e. The first kappa shape index (κ1) is 13.6.